The normalized spacial score (nSPS) is 13.3. The summed E-state index contributed by atoms with van der Waals surface area (Å²) in [5.74, 6) is 0.960. The van der Waals surface area contributed by atoms with E-state index in [0.717, 1.165) is 21.9 Å². The summed E-state index contributed by atoms with van der Waals surface area (Å²) in [6.07, 6.45) is 1.08. The fourth-order valence-electron chi connectivity index (χ4n) is 2.97. The lowest BCUT2D eigenvalue weighted by Gasteiger charge is -2.29. The summed E-state index contributed by atoms with van der Waals surface area (Å²) in [4.78, 5) is 12.8. The lowest BCUT2D eigenvalue weighted by molar-refractivity contribution is -0.122. The minimum atomic E-state index is -3.68. The van der Waals surface area contributed by atoms with Crippen molar-refractivity contribution >= 4 is 21.6 Å². The van der Waals surface area contributed by atoms with Gasteiger partial charge in [0.2, 0.25) is 15.9 Å². The SMILES string of the molecule is CCOc1ccc(N([C@H](C)C(=O)N[C@@H](C)c2ccc(OC)cc2)S(C)(=O)=O)cc1. The molecule has 0 aliphatic heterocycles. The van der Waals surface area contributed by atoms with Gasteiger partial charge in [-0.15, -0.1) is 0 Å². The average Bonchev–Trinajstić information content (AvgIpc) is 2.68. The van der Waals surface area contributed by atoms with E-state index in [2.05, 4.69) is 5.32 Å². The highest BCUT2D eigenvalue weighted by atomic mass is 32.2. The number of carbonyl (C=O) groups excluding carboxylic acids is 1. The minimum absolute atomic E-state index is 0.294. The molecule has 2 aromatic carbocycles. The maximum atomic E-state index is 12.8. The van der Waals surface area contributed by atoms with Crippen LogP contribution in [0.5, 0.6) is 11.5 Å². The molecule has 0 bridgehead atoms. The molecule has 0 heterocycles. The molecule has 8 heteroatoms. The molecule has 0 saturated carbocycles. The van der Waals surface area contributed by atoms with Gasteiger partial charge in [0.05, 0.1) is 31.7 Å². The van der Waals surface area contributed by atoms with Crippen LogP contribution in [0, 0.1) is 0 Å². The minimum Gasteiger partial charge on any atom is -0.497 e. The molecule has 0 aliphatic carbocycles. The van der Waals surface area contributed by atoms with E-state index >= 15 is 0 Å². The van der Waals surface area contributed by atoms with Crippen molar-refractivity contribution in [2.75, 3.05) is 24.3 Å². The summed E-state index contributed by atoms with van der Waals surface area (Å²) in [7, 11) is -2.10. The molecule has 1 amide bonds. The summed E-state index contributed by atoms with van der Waals surface area (Å²) >= 11 is 0. The van der Waals surface area contributed by atoms with Gasteiger partial charge < -0.3 is 14.8 Å². The Hall–Kier alpha value is -2.74. The molecular weight excluding hydrogens is 392 g/mol. The average molecular weight is 421 g/mol. The monoisotopic (exact) mass is 420 g/mol. The number of nitrogens with one attached hydrogen (secondary N) is 1. The van der Waals surface area contributed by atoms with E-state index < -0.39 is 22.0 Å². The van der Waals surface area contributed by atoms with Crippen LogP contribution in [-0.2, 0) is 14.8 Å². The third-order valence-electron chi connectivity index (χ3n) is 4.47. The molecule has 0 fully saturated rings. The first-order chi connectivity index (χ1) is 13.7. The van der Waals surface area contributed by atoms with E-state index in [-0.39, 0.29) is 6.04 Å². The van der Waals surface area contributed by atoms with Gasteiger partial charge in [0.1, 0.15) is 17.5 Å². The molecule has 1 N–H and O–H groups in total. The number of anilines is 1. The van der Waals surface area contributed by atoms with Crippen LogP contribution in [0.1, 0.15) is 32.4 Å². The van der Waals surface area contributed by atoms with Crippen LogP contribution in [0.2, 0.25) is 0 Å². The maximum Gasteiger partial charge on any atom is 0.244 e. The van der Waals surface area contributed by atoms with Gasteiger partial charge in [-0.3, -0.25) is 9.10 Å². The van der Waals surface area contributed by atoms with Crippen molar-refractivity contribution in [1.82, 2.24) is 5.32 Å². The number of benzene rings is 2. The van der Waals surface area contributed by atoms with Crippen molar-refractivity contribution in [3.8, 4) is 11.5 Å². The Morgan fingerprint density at radius 3 is 2.07 bits per heavy atom. The number of methoxy groups -OCH3 is 1. The van der Waals surface area contributed by atoms with Crippen LogP contribution >= 0.6 is 0 Å². The Morgan fingerprint density at radius 1 is 1.03 bits per heavy atom. The van der Waals surface area contributed by atoms with Crippen LogP contribution in [0.15, 0.2) is 48.5 Å². The van der Waals surface area contributed by atoms with Crippen molar-refractivity contribution in [1.29, 1.82) is 0 Å². The number of nitrogens with zero attached hydrogens (tertiary/aromatic N) is 1. The Bertz CT molecular complexity index is 911. The van der Waals surface area contributed by atoms with Crippen molar-refractivity contribution in [3.63, 3.8) is 0 Å². The van der Waals surface area contributed by atoms with Crippen LogP contribution in [-0.4, -0.2) is 40.3 Å². The quantitative estimate of drug-likeness (QED) is 0.674. The largest absolute Gasteiger partial charge is 0.497 e. The number of carbonyl (C=O) groups is 1. The topological polar surface area (TPSA) is 84.9 Å². The Labute approximate surface area is 172 Å². The molecular formula is C21H28N2O5S. The predicted octanol–water partition coefficient (Wildman–Crippen LogP) is 3.13. The van der Waals surface area contributed by atoms with Crippen molar-refractivity contribution in [2.45, 2.75) is 32.9 Å². The molecule has 0 radical (unpaired) electrons. The molecule has 158 valence electrons. The lowest BCUT2D eigenvalue weighted by Crippen LogP contribution is -2.48. The van der Waals surface area contributed by atoms with Gasteiger partial charge in [-0.1, -0.05) is 12.1 Å². The van der Waals surface area contributed by atoms with Gasteiger partial charge in [0.15, 0.2) is 0 Å². The molecule has 0 saturated heterocycles. The molecule has 0 aromatic heterocycles. The number of hydrogen-bond acceptors (Lipinski definition) is 5. The predicted molar refractivity (Wildman–Crippen MR) is 114 cm³/mol. The highest BCUT2D eigenvalue weighted by Crippen LogP contribution is 2.25. The van der Waals surface area contributed by atoms with Gasteiger partial charge in [-0.2, -0.15) is 0 Å². The van der Waals surface area contributed by atoms with E-state index in [4.69, 9.17) is 9.47 Å². The van der Waals surface area contributed by atoms with Gasteiger partial charge in [0, 0.05) is 0 Å². The highest BCUT2D eigenvalue weighted by Gasteiger charge is 2.30. The van der Waals surface area contributed by atoms with E-state index in [0.29, 0.717) is 18.0 Å². The van der Waals surface area contributed by atoms with Crippen molar-refractivity contribution < 1.29 is 22.7 Å². The Balaban J connectivity index is 2.19. The number of ether oxygens (including phenoxy) is 2. The molecule has 0 aliphatic rings. The van der Waals surface area contributed by atoms with Gasteiger partial charge >= 0.3 is 0 Å². The van der Waals surface area contributed by atoms with Crippen LogP contribution in [0.25, 0.3) is 0 Å². The third-order valence-corrected chi connectivity index (χ3v) is 5.71. The van der Waals surface area contributed by atoms with Crippen LogP contribution in [0.4, 0.5) is 5.69 Å². The van der Waals surface area contributed by atoms with E-state index in [9.17, 15) is 13.2 Å². The molecule has 2 rings (SSSR count). The number of rotatable bonds is 9. The second-order valence-electron chi connectivity index (χ2n) is 6.67. The zero-order valence-corrected chi connectivity index (χ0v) is 18.2. The van der Waals surface area contributed by atoms with E-state index in [1.54, 1.807) is 38.3 Å². The zero-order chi connectivity index (χ0) is 21.6. The summed E-state index contributed by atoms with van der Waals surface area (Å²) in [5, 5.41) is 2.88. The fourth-order valence-corrected chi connectivity index (χ4v) is 4.15. The highest BCUT2D eigenvalue weighted by molar-refractivity contribution is 7.92. The van der Waals surface area contributed by atoms with E-state index in [1.807, 2.05) is 38.1 Å². The summed E-state index contributed by atoms with van der Waals surface area (Å²) < 4.78 is 36.5. The maximum absolute atomic E-state index is 12.8. The van der Waals surface area contributed by atoms with Gasteiger partial charge in [0.25, 0.3) is 0 Å². The fraction of sp³-hybridized carbons (Fsp3) is 0.381. The van der Waals surface area contributed by atoms with Gasteiger partial charge in [-0.25, -0.2) is 8.42 Å². The summed E-state index contributed by atoms with van der Waals surface area (Å²) in [6, 6.07) is 12.7. The van der Waals surface area contributed by atoms with Crippen LogP contribution in [0.3, 0.4) is 0 Å². The second-order valence-corrected chi connectivity index (χ2v) is 8.52. The molecule has 0 unspecified atom stereocenters. The molecule has 2 atom stereocenters. The molecule has 29 heavy (non-hydrogen) atoms. The Morgan fingerprint density at radius 2 is 1.59 bits per heavy atom. The lowest BCUT2D eigenvalue weighted by atomic mass is 10.1. The smallest absolute Gasteiger partial charge is 0.244 e. The van der Waals surface area contributed by atoms with Crippen molar-refractivity contribution in [3.05, 3.63) is 54.1 Å². The Kier molecular flexibility index (Phi) is 7.50. The van der Waals surface area contributed by atoms with Gasteiger partial charge in [-0.05, 0) is 62.7 Å². The molecule has 0 spiro atoms. The number of sulfonamides is 1. The number of hydrogen-bond donors (Lipinski definition) is 1. The first-order valence-electron chi connectivity index (χ1n) is 9.34. The standard InChI is InChI=1S/C21H28N2O5S/c1-6-28-20-13-9-18(10-14-20)23(29(5,25)26)16(3)21(24)22-15(2)17-7-11-19(27-4)12-8-17/h7-16H,6H2,1-5H3,(H,22,24)/t15-,16+/m0/s1. The first-order valence-corrected chi connectivity index (χ1v) is 11.2. The second kappa shape index (κ2) is 9.65. The molecule has 2 aromatic rings. The summed E-state index contributed by atoms with van der Waals surface area (Å²) in [6.45, 7) is 5.78. The van der Waals surface area contributed by atoms with Crippen molar-refractivity contribution in [2.24, 2.45) is 0 Å². The first kappa shape index (κ1) is 22.5. The summed E-state index contributed by atoms with van der Waals surface area (Å²) in [5.41, 5.74) is 1.29. The van der Waals surface area contributed by atoms with Crippen LogP contribution < -0.4 is 19.1 Å². The third kappa shape index (κ3) is 5.87. The van der Waals surface area contributed by atoms with E-state index in [1.165, 1.54) is 0 Å². The zero-order valence-electron chi connectivity index (χ0n) is 17.4. The number of amides is 1. The molecule has 7 nitrogen and oxygen atoms in total.